The van der Waals surface area contributed by atoms with Gasteiger partial charge in [0, 0.05) is 5.69 Å². The molecule has 0 saturated heterocycles. The summed E-state index contributed by atoms with van der Waals surface area (Å²) in [6, 6.07) is 6.72. The van der Waals surface area contributed by atoms with E-state index in [0.29, 0.717) is 0 Å². The number of halogens is 4. The number of pyridine rings is 1. The highest BCUT2D eigenvalue weighted by molar-refractivity contribution is 5.84. The molecule has 2 aromatic heterocycles. The summed E-state index contributed by atoms with van der Waals surface area (Å²) in [5, 5.41) is 3.94. The van der Waals surface area contributed by atoms with E-state index in [4.69, 9.17) is 0 Å². The molecule has 0 unspecified atom stereocenters. The number of hydrogen-bond acceptors (Lipinski definition) is 2. The summed E-state index contributed by atoms with van der Waals surface area (Å²) >= 11 is 0. The predicted molar refractivity (Wildman–Crippen MR) is 73.3 cm³/mol. The van der Waals surface area contributed by atoms with Gasteiger partial charge < -0.3 is 0 Å². The van der Waals surface area contributed by atoms with Crippen molar-refractivity contribution in [2.75, 3.05) is 0 Å². The monoisotopic (exact) mass is 309 g/mol. The van der Waals surface area contributed by atoms with Crippen molar-refractivity contribution >= 4 is 11.0 Å². The van der Waals surface area contributed by atoms with Crippen LogP contribution in [0.3, 0.4) is 0 Å². The van der Waals surface area contributed by atoms with Crippen molar-refractivity contribution in [1.29, 1.82) is 0 Å². The molecular weight excluding hydrogens is 298 g/mol. The van der Waals surface area contributed by atoms with Gasteiger partial charge in [0.2, 0.25) is 0 Å². The molecule has 0 aliphatic rings. The molecule has 3 aromatic rings. The van der Waals surface area contributed by atoms with Gasteiger partial charge in [0.05, 0.1) is 16.6 Å². The molecular formula is C15H11F4N3. The Bertz CT molecular complexity index is 865. The minimum atomic E-state index is -4.53. The Hall–Kier alpha value is -2.44. The SMILES string of the molecule is Cc1cc(C(F)(F)F)c2c(C)nn(-c3ccccc3F)c2n1. The molecule has 0 spiro atoms. The number of nitrogens with zero attached hydrogens (tertiary/aromatic N) is 3. The van der Waals surface area contributed by atoms with Crippen molar-refractivity contribution in [3.8, 4) is 5.69 Å². The fourth-order valence-corrected chi connectivity index (χ4v) is 2.43. The number of aryl methyl sites for hydroxylation is 2. The molecule has 3 rings (SSSR count). The summed E-state index contributed by atoms with van der Waals surface area (Å²) in [4.78, 5) is 4.12. The summed E-state index contributed by atoms with van der Waals surface area (Å²) < 4.78 is 54.7. The van der Waals surface area contributed by atoms with Crippen molar-refractivity contribution in [1.82, 2.24) is 14.8 Å². The van der Waals surface area contributed by atoms with Crippen LogP contribution in [0.5, 0.6) is 0 Å². The van der Waals surface area contributed by atoms with Gasteiger partial charge in [0.1, 0.15) is 11.5 Å². The summed E-state index contributed by atoms with van der Waals surface area (Å²) in [5.74, 6) is -0.580. The molecule has 3 nitrogen and oxygen atoms in total. The van der Waals surface area contributed by atoms with E-state index in [-0.39, 0.29) is 28.1 Å². The van der Waals surface area contributed by atoms with Gasteiger partial charge >= 0.3 is 6.18 Å². The zero-order valence-corrected chi connectivity index (χ0v) is 11.7. The van der Waals surface area contributed by atoms with E-state index in [2.05, 4.69) is 10.1 Å². The average molecular weight is 309 g/mol. The standard InChI is InChI=1S/C15H11F4N3/c1-8-7-10(15(17,18)19)13-9(2)21-22(14(13)20-8)12-6-4-3-5-11(12)16/h3-7H,1-2H3. The van der Waals surface area contributed by atoms with Gasteiger partial charge in [-0.25, -0.2) is 14.1 Å². The Kier molecular flexibility index (Phi) is 3.16. The number of hydrogen-bond donors (Lipinski definition) is 0. The van der Waals surface area contributed by atoms with E-state index < -0.39 is 17.6 Å². The number of rotatable bonds is 1. The Morgan fingerprint density at radius 1 is 1.09 bits per heavy atom. The number of aromatic nitrogens is 3. The molecule has 0 aliphatic carbocycles. The largest absolute Gasteiger partial charge is 0.417 e. The maximum absolute atomic E-state index is 13.9. The van der Waals surface area contributed by atoms with Crippen LogP contribution in [-0.2, 0) is 6.18 Å². The number of benzene rings is 1. The quantitative estimate of drug-likeness (QED) is 0.631. The molecule has 0 saturated carbocycles. The first kappa shape index (κ1) is 14.5. The van der Waals surface area contributed by atoms with Crippen LogP contribution < -0.4 is 0 Å². The average Bonchev–Trinajstić information content (AvgIpc) is 2.74. The number of fused-ring (bicyclic) bond motifs is 1. The van der Waals surface area contributed by atoms with Gasteiger partial charge in [-0.2, -0.15) is 18.3 Å². The van der Waals surface area contributed by atoms with Crippen LogP contribution in [0, 0.1) is 19.7 Å². The predicted octanol–water partition coefficient (Wildman–Crippen LogP) is 4.20. The minimum absolute atomic E-state index is 0.00470. The second-order valence-corrected chi connectivity index (χ2v) is 4.96. The first-order valence-corrected chi connectivity index (χ1v) is 6.48. The number of alkyl halides is 3. The van der Waals surface area contributed by atoms with Gasteiger partial charge in [-0.05, 0) is 32.0 Å². The topological polar surface area (TPSA) is 30.7 Å². The lowest BCUT2D eigenvalue weighted by Gasteiger charge is -2.10. The van der Waals surface area contributed by atoms with Crippen LogP contribution in [0.2, 0.25) is 0 Å². The van der Waals surface area contributed by atoms with Crippen molar-refractivity contribution < 1.29 is 17.6 Å². The highest BCUT2D eigenvalue weighted by atomic mass is 19.4. The van der Waals surface area contributed by atoms with Crippen molar-refractivity contribution in [2.24, 2.45) is 0 Å². The van der Waals surface area contributed by atoms with E-state index in [1.165, 1.54) is 32.0 Å². The summed E-state index contributed by atoms with van der Waals surface area (Å²) in [6.07, 6.45) is -4.53. The van der Waals surface area contributed by atoms with Crippen molar-refractivity contribution in [2.45, 2.75) is 20.0 Å². The fourth-order valence-electron chi connectivity index (χ4n) is 2.43. The minimum Gasteiger partial charge on any atom is -0.233 e. The first-order valence-electron chi connectivity index (χ1n) is 6.48. The highest BCUT2D eigenvalue weighted by Crippen LogP contribution is 2.36. The van der Waals surface area contributed by atoms with Gasteiger partial charge in [0.25, 0.3) is 0 Å². The molecule has 0 fully saturated rings. The fraction of sp³-hybridized carbons (Fsp3) is 0.200. The van der Waals surface area contributed by atoms with Crippen LogP contribution in [0.15, 0.2) is 30.3 Å². The van der Waals surface area contributed by atoms with Crippen LogP contribution >= 0.6 is 0 Å². The van der Waals surface area contributed by atoms with E-state index in [1.807, 2.05) is 0 Å². The Labute approximate surface area is 123 Å². The van der Waals surface area contributed by atoms with Gasteiger partial charge in [-0.1, -0.05) is 12.1 Å². The third kappa shape index (κ3) is 2.22. The van der Waals surface area contributed by atoms with Crippen molar-refractivity contribution in [3.05, 3.63) is 53.1 Å². The molecule has 0 N–H and O–H groups in total. The maximum atomic E-state index is 13.9. The smallest absolute Gasteiger partial charge is 0.233 e. The second kappa shape index (κ2) is 4.79. The van der Waals surface area contributed by atoms with Crippen LogP contribution in [0.25, 0.3) is 16.7 Å². The van der Waals surface area contributed by atoms with E-state index >= 15 is 0 Å². The molecule has 7 heteroatoms. The van der Waals surface area contributed by atoms with E-state index in [1.54, 1.807) is 6.07 Å². The molecule has 0 bridgehead atoms. The summed E-state index contributed by atoms with van der Waals surface area (Å²) in [5.41, 5.74) is -0.410. The lowest BCUT2D eigenvalue weighted by molar-refractivity contribution is -0.136. The van der Waals surface area contributed by atoms with Gasteiger partial charge in [-0.3, -0.25) is 0 Å². The Morgan fingerprint density at radius 3 is 2.41 bits per heavy atom. The van der Waals surface area contributed by atoms with Crippen LogP contribution in [-0.4, -0.2) is 14.8 Å². The van der Waals surface area contributed by atoms with E-state index in [0.717, 1.165) is 10.7 Å². The molecule has 22 heavy (non-hydrogen) atoms. The molecule has 1 aromatic carbocycles. The first-order chi connectivity index (χ1) is 10.3. The zero-order chi connectivity index (χ0) is 16.1. The summed E-state index contributed by atoms with van der Waals surface area (Å²) in [6.45, 7) is 2.91. The molecule has 0 aliphatic heterocycles. The molecule has 0 amide bonds. The second-order valence-electron chi connectivity index (χ2n) is 4.96. The third-order valence-corrected chi connectivity index (χ3v) is 3.33. The third-order valence-electron chi connectivity index (χ3n) is 3.33. The molecule has 0 atom stereocenters. The number of para-hydroxylation sites is 1. The zero-order valence-electron chi connectivity index (χ0n) is 11.7. The molecule has 114 valence electrons. The molecule has 2 heterocycles. The van der Waals surface area contributed by atoms with Crippen LogP contribution in [0.1, 0.15) is 17.0 Å². The van der Waals surface area contributed by atoms with Crippen molar-refractivity contribution in [3.63, 3.8) is 0 Å². The van der Waals surface area contributed by atoms with E-state index in [9.17, 15) is 17.6 Å². The van der Waals surface area contributed by atoms with Gasteiger partial charge in [-0.15, -0.1) is 0 Å². The molecule has 0 radical (unpaired) electrons. The Balaban J connectivity index is 2.41. The van der Waals surface area contributed by atoms with Gasteiger partial charge in [0.15, 0.2) is 5.65 Å². The maximum Gasteiger partial charge on any atom is 0.417 e. The lowest BCUT2D eigenvalue weighted by Crippen LogP contribution is -2.08. The normalized spacial score (nSPS) is 12.1. The lowest BCUT2D eigenvalue weighted by atomic mass is 10.1. The summed E-state index contributed by atoms with van der Waals surface area (Å²) in [7, 11) is 0. The Morgan fingerprint density at radius 2 is 1.77 bits per heavy atom. The highest BCUT2D eigenvalue weighted by Gasteiger charge is 2.35. The van der Waals surface area contributed by atoms with Crippen LogP contribution in [0.4, 0.5) is 17.6 Å².